The van der Waals surface area contributed by atoms with Gasteiger partial charge in [0.05, 0.1) is 6.54 Å². The van der Waals surface area contributed by atoms with Crippen molar-refractivity contribution in [3.05, 3.63) is 0 Å². The van der Waals surface area contributed by atoms with E-state index < -0.39 is 0 Å². The van der Waals surface area contributed by atoms with Crippen LogP contribution in [0.4, 0.5) is 0 Å². The van der Waals surface area contributed by atoms with Gasteiger partial charge in [0.15, 0.2) is 5.96 Å². The van der Waals surface area contributed by atoms with Crippen molar-refractivity contribution in [1.29, 1.82) is 0 Å². The summed E-state index contributed by atoms with van der Waals surface area (Å²) in [6.07, 6.45) is 6.87. The van der Waals surface area contributed by atoms with E-state index in [9.17, 15) is 0 Å². The topological polar surface area (TPSA) is 42.9 Å². The minimum Gasteiger partial charge on any atom is -0.357 e. The third kappa shape index (κ3) is 6.13. The number of aliphatic imine (C=N–C) groups is 1. The zero-order chi connectivity index (χ0) is 15.8. The highest BCUT2D eigenvalue weighted by atomic mass is 15.2. The number of rotatable bonds is 8. The molecule has 2 aliphatic rings. The van der Waals surface area contributed by atoms with Crippen molar-refractivity contribution in [3.63, 3.8) is 0 Å². The molecule has 5 heteroatoms. The number of likely N-dealkylation sites (tertiary alicyclic amines) is 1. The Labute approximate surface area is 136 Å². The van der Waals surface area contributed by atoms with Gasteiger partial charge in [0.2, 0.25) is 0 Å². The fraction of sp³-hybridized carbons (Fsp3) is 0.941. The monoisotopic (exact) mass is 309 g/mol. The highest BCUT2D eigenvalue weighted by molar-refractivity contribution is 5.79. The van der Waals surface area contributed by atoms with E-state index in [0.717, 1.165) is 38.1 Å². The van der Waals surface area contributed by atoms with Gasteiger partial charge in [-0.2, -0.15) is 0 Å². The summed E-state index contributed by atoms with van der Waals surface area (Å²) in [7, 11) is 4.35. The van der Waals surface area contributed by atoms with Crippen LogP contribution in [-0.2, 0) is 0 Å². The van der Waals surface area contributed by atoms with E-state index in [1.54, 1.807) is 0 Å². The fourth-order valence-electron chi connectivity index (χ4n) is 3.26. The van der Waals surface area contributed by atoms with Crippen LogP contribution in [0.2, 0.25) is 0 Å². The average molecular weight is 310 g/mol. The summed E-state index contributed by atoms with van der Waals surface area (Å²) in [6.45, 7) is 8.60. The lowest BCUT2D eigenvalue weighted by molar-refractivity contribution is 0.232. The summed E-state index contributed by atoms with van der Waals surface area (Å²) >= 11 is 0. The molecule has 1 unspecified atom stereocenters. The molecule has 1 saturated heterocycles. The molecule has 2 fully saturated rings. The van der Waals surface area contributed by atoms with Crippen molar-refractivity contribution >= 4 is 5.96 Å². The van der Waals surface area contributed by atoms with Crippen LogP contribution in [0, 0.1) is 5.92 Å². The van der Waals surface area contributed by atoms with Gasteiger partial charge < -0.3 is 20.4 Å². The number of piperidine rings is 1. The second kappa shape index (κ2) is 9.36. The molecule has 1 saturated carbocycles. The first-order valence-corrected chi connectivity index (χ1v) is 9.11. The molecule has 0 aromatic rings. The molecule has 0 spiro atoms. The molecule has 0 amide bonds. The molecule has 1 atom stereocenters. The SMILES string of the molecule is CCNC(=NCC(C1CC1)N(C)C)NCCN1CCCCC1. The summed E-state index contributed by atoms with van der Waals surface area (Å²) in [5.74, 6) is 1.84. The van der Waals surface area contributed by atoms with Crippen molar-refractivity contribution < 1.29 is 0 Å². The third-order valence-electron chi connectivity index (χ3n) is 4.78. The molecular formula is C17H35N5. The normalized spacial score (nSPS) is 21.9. The predicted molar refractivity (Wildman–Crippen MR) is 94.5 cm³/mol. The van der Waals surface area contributed by atoms with Crippen LogP contribution in [0.15, 0.2) is 4.99 Å². The Bertz CT molecular complexity index is 330. The number of hydrogen-bond acceptors (Lipinski definition) is 3. The third-order valence-corrected chi connectivity index (χ3v) is 4.78. The first-order chi connectivity index (χ1) is 10.7. The Morgan fingerprint density at radius 2 is 1.91 bits per heavy atom. The molecular weight excluding hydrogens is 274 g/mol. The highest BCUT2D eigenvalue weighted by Crippen LogP contribution is 2.34. The summed E-state index contributed by atoms with van der Waals surface area (Å²) < 4.78 is 0. The van der Waals surface area contributed by atoms with Gasteiger partial charge in [-0.3, -0.25) is 4.99 Å². The molecule has 1 aliphatic heterocycles. The average Bonchev–Trinajstić information content (AvgIpc) is 3.33. The van der Waals surface area contributed by atoms with E-state index in [1.165, 1.54) is 45.2 Å². The van der Waals surface area contributed by atoms with E-state index in [4.69, 9.17) is 4.99 Å². The maximum absolute atomic E-state index is 4.81. The maximum atomic E-state index is 4.81. The van der Waals surface area contributed by atoms with Gasteiger partial charge >= 0.3 is 0 Å². The van der Waals surface area contributed by atoms with E-state index in [-0.39, 0.29) is 0 Å². The van der Waals surface area contributed by atoms with Gasteiger partial charge in [-0.1, -0.05) is 6.42 Å². The summed E-state index contributed by atoms with van der Waals surface area (Å²) in [5, 5.41) is 6.88. The number of nitrogens with zero attached hydrogens (tertiary/aromatic N) is 3. The van der Waals surface area contributed by atoms with Crippen LogP contribution in [-0.4, -0.2) is 75.2 Å². The Kier molecular flexibility index (Phi) is 7.46. The van der Waals surface area contributed by atoms with Crippen LogP contribution in [0.1, 0.15) is 39.0 Å². The highest BCUT2D eigenvalue weighted by Gasteiger charge is 2.32. The second-order valence-corrected chi connectivity index (χ2v) is 6.92. The first kappa shape index (κ1) is 17.5. The number of guanidine groups is 1. The van der Waals surface area contributed by atoms with Crippen molar-refractivity contribution in [2.75, 3.05) is 53.4 Å². The molecule has 0 aromatic heterocycles. The van der Waals surface area contributed by atoms with Crippen molar-refractivity contribution in [1.82, 2.24) is 20.4 Å². The van der Waals surface area contributed by atoms with Crippen LogP contribution in [0.5, 0.6) is 0 Å². The van der Waals surface area contributed by atoms with E-state index in [0.29, 0.717) is 6.04 Å². The van der Waals surface area contributed by atoms with E-state index >= 15 is 0 Å². The summed E-state index contributed by atoms with van der Waals surface area (Å²) in [5.41, 5.74) is 0. The van der Waals surface area contributed by atoms with Crippen molar-refractivity contribution in [3.8, 4) is 0 Å². The molecule has 5 nitrogen and oxygen atoms in total. The molecule has 22 heavy (non-hydrogen) atoms. The number of hydrogen-bond donors (Lipinski definition) is 2. The molecule has 0 radical (unpaired) electrons. The lowest BCUT2D eigenvalue weighted by atomic mass is 10.1. The molecule has 2 rings (SSSR count). The van der Waals surface area contributed by atoms with Gasteiger partial charge in [0.1, 0.15) is 0 Å². The fourth-order valence-corrected chi connectivity index (χ4v) is 3.26. The van der Waals surface area contributed by atoms with E-state index in [1.807, 2.05) is 0 Å². The number of nitrogens with one attached hydrogen (secondary N) is 2. The van der Waals surface area contributed by atoms with E-state index in [2.05, 4.69) is 41.5 Å². The van der Waals surface area contributed by atoms with Crippen LogP contribution in [0.3, 0.4) is 0 Å². The smallest absolute Gasteiger partial charge is 0.191 e. The number of likely N-dealkylation sites (N-methyl/N-ethyl adjacent to an activating group) is 1. The Morgan fingerprint density at radius 3 is 2.50 bits per heavy atom. The van der Waals surface area contributed by atoms with Gasteiger partial charge in [0.25, 0.3) is 0 Å². The zero-order valence-electron chi connectivity index (χ0n) is 14.8. The molecule has 1 heterocycles. The Hall–Kier alpha value is -0.810. The second-order valence-electron chi connectivity index (χ2n) is 6.92. The van der Waals surface area contributed by atoms with Crippen molar-refractivity contribution in [2.45, 2.75) is 45.1 Å². The molecule has 0 aromatic carbocycles. The lowest BCUT2D eigenvalue weighted by Crippen LogP contribution is -2.43. The molecule has 2 N–H and O–H groups in total. The standard InChI is InChI=1S/C17H35N5/c1-4-18-17(19-10-13-22-11-6-5-7-12-22)20-14-16(21(2)3)15-8-9-15/h15-16H,4-14H2,1-3H3,(H2,18,19,20). The Balaban J connectivity index is 1.73. The minimum atomic E-state index is 0.595. The van der Waals surface area contributed by atoms with Gasteiger partial charge in [-0.25, -0.2) is 0 Å². The first-order valence-electron chi connectivity index (χ1n) is 9.11. The van der Waals surface area contributed by atoms with Gasteiger partial charge in [-0.15, -0.1) is 0 Å². The van der Waals surface area contributed by atoms with Crippen LogP contribution >= 0.6 is 0 Å². The van der Waals surface area contributed by atoms with Gasteiger partial charge in [-0.05, 0) is 65.7 Å². The maximum Gasteiger partial charge on any atom is 0.191 e. The summed E-state index contributed by atoms with van der Waals surface area (Å²) in [6, 6.07) is 0.595. The molecule has 1 aliphatic carbocycles. The van der Waals surface area contributed by atoms with Crippen LogP contribution < -0.4 is 10.6 Å². The molecule has 128 valence electrons. The minimum absolute atomic E-state index is 0.595. The molecule has 0 bridgehead atoms. The summed E-state index contributed by atoms with van der Waals surface area (Å²) in [4.78, 5) is 9.71. The quantitative estimate of drug-likeness (QED) is 0.525. The van der Waals surface area contributed by atoms with Crippen LogP contribution in [0.25, 0.3) is 0 Å². The van der Waals surface area contributed by atoms with Crippen molar-refractivity contribution in [2.24, 2.45) is 10.9 Å². The zero-order valence-corrected chi connectivity index (χ0v) is 14.8. The lowest BCUT2D eigenvalue weighted by Gasteiger charge is -2.27. The largest absolute Gasteiger partial charge is 0.357 e. The Morgan fingerprint density at radius 1 is 1.18 bits per heavy atom. The predicted octanol–water partition coefficient (Wildman–Crippen LogP) is 1.37. The van der Waals surface area contributed by atoms with Gasteiger partial charge in [0, 0.05) is 25.7 Å².